The number of nitrogen functional groups attached to an aromatic ring is 1. The molecule has 1 fully saturated rings. The van der Waals surface area contributed by atoms with Crippen molar-refractivity contribution >= 4 is 16.5 Å². The molecule has 2 rings (SSSR count). The number of nitrogens with zero attached hydrogens (tertiary/aromatic N) is 1. The van der Waals surface area contributed by atoms with E-state index in [0.29, 0.717) is 11.0 Å². The van der Waals surface area contributed by atoms with Crippen LogP contribution in [-0.4, -0.2) is 4.98 Å². The summed E-state index contributed by atoms with van der Waals surface area (Å²) in [5.41, 5.74) is 5.66. The van der Waals surface area contributed by atoms with Crippen molar-refractivity contribution in [3.8, 4) is 0 Å². The average molecular weight is 210 g/mol. The molecule has 1 aromatic heterocycles. The van der Waals surface area contributed by atoms with Crippen molar-refractivity contribution in [2.24, 2.45) is 11.8 Å². The van der Waals surface area contributed by atoms with Gasteiger partial charge < -0.3 is 5.73 Å². The summed E-state index contributed by atoms with van der Waals surface area (Å²) in [6.45, 7) is 4.71. The molecule has 0 amide bonds. The van der Waals surface area contributed by atoms with Gasteiger partial charge in [-0.05, 0) is 37.0 Å². The van der Waals surface area contributed by atoms with E-state index >= 15 is 0 Å². The molecule has 2 N–H and O–H groups in total. The number of hydrogen-bond acceptors (Lipinski definition) is 3. The van der Waals surface area contributed by atoms with Gasteiger partial charge in [-0.2, -0.15) is 0 Å². The molecule has 1 aliphatic rings. The molecule has 2 nitrogen and oxygen atoms in total. The molecule has 0 aliphatic heterocycles. The van der Waals surface area contributed by atoms with Crippen molar-refractivity contribution in [1.29, 1.82) is 0 Å². The average Bonchev–Trinajstić information content (AvgIpc) is 2.50. The highest BCUT2D eigenvalue weighted by molar-refractivity contribution is 7.15. The Morgan fingerprint density at radius 1 is 1.29 bits per heavy atom. The largest absolute Gasteiger partial charge is 0.375 e. The monoisotopic (exact) mass is 210 g/mol. The van der Waals surface area contributed by atoms with E-state index in [2.05, 4.69) is 18.8 Å². The van der Waals surface area contributed by atoms with E-state index in [0.717, 1.165) is 11.8 Å². The minimum atomic E-state index is 0.712. The zero-order valence-corrected chi connectivity index (χ0v) is 9.68. The molecule has 0 radical (unpaired) electrons. The third-order valence-corrected chi connectivity index (χ3v) is 4.11. The van der Waals surface area contributed by atoms with E-state index in [1.807, 2.05) is 6.20 Å². The van der Waals surface area contributed by atoms with Crippen LogP contribution in [0.3, 0.4) is 0 Å². The van der Waals surface area contributed by atoms with Crippen LogP contribution >= 0.6 is 11.3 Å². The smallest absolute Gasteiger partial charge is 0.180 e. The molecule has 2 unspecified atom stereocenters. The lowest BCUT2D eigenvalue weighted by Gasteiger charge is -2.30. The third kappa shape index (κ3) is 2.08. The Morgan fingerprint density at radius 2 is 1.93 bits per heavy atom. The first-order chi connectivity index (χ1) is 6.65. The molecule has 3 heteroatoms. The second kappa shape index (κ2) is 3.89. The molecule has 0 aromatic carbocycles. The lowest BCUT2D eigenvalue weighted by molar-refractivity contribution is 0.270. The van der Waals surface area contributed by atoms with Gasteiger partial charge in [0.15, 0.2) is 5.13 Å². The fourth-order valence-electron chi connectivity index (χ4n) is 2.67. The number of rotatable bonds is 1. The van der Waals surface area contributed by atoms with Crippen molar-refractivity contribution in [2.45, 2.75) is 39.0 Å². The molecule has 0 saturated heterocycles. The number of nitrogens with two attached hydrogens (primary N) is 1. The highest BCUT2D eigenvalue weighted by Crippen LogP contribution is 2.41. The summed E-state index contributed by atoms with van der Waals surface area (Å²) in [6.07, 6.45) is 5.97. The molecule has 1 aromatic rings. The summed E-state index contributed by atoms with van der Waals surface area (Å²) in [4.78, 5) is 5.53. The second-order valence-electron chi connectivity index (χ2n) is 4.72. The quantitative estimate of drug-likeness (QED) is 0.772. The first kappa shape index (κ1) is 9.97. The Labute approximate surface area is 89.5 Å². The van der Waals surface area contributed by atoms with Crippen LogP contribution in [-0.2, 0) is 0 Å². The van der Waals surface area contributed by atoms with Crippen LogP contribution < -0.4 is 5.73 Å². The minimum absolute atomic E-state index is 0.712. The highest BCUT2D eigenvalue weighted by Gasteiger charge is 2.26. The number of hydrogen-bond donors (Lipinski definition) is 1. The Bertz CT molecular complexity index is 298. The Kier molecular flexibility index (Phi) is 2.77. The molecule has 1 heterocycles. The number of anilines is 1. The van der Waals surface area contributed by atoms with Gasteiger partial charge in [0, 0.05) is 11.1 Å². The summed E-state index contributed by atoms with van der Waals surface area (Å²) in [5.74, 6) is 2.42. The Balaban J connectivity index is 2.10. The van der Waals surface area contributed by atoms with Crippen LogP contribution in [0.25, 0.3) is 0 Å². The van der Waals surface area contributed by atoms with Gasteiger partial charge in [-0.3, -0.25) is 0 Å². The van der Waals surface area contributed by atoms with Gasteiger partial charge in [-0.15, -0.1) is 11.3 Å². The van der Waals surface area contributed by atoms with Crippen molar-refractivity contribution in [3.63, 3.8) is 0 Å². The maximum atomic E-state index is 5.66. The topological polar surface area (TPSA) is 38.9 Å². The van der Waals surface area contributed by atoms with Crippen LogP contribution in [0.5, 0.6) is 0 Å². The van der Waals surface area contributed by atoms with E-state index in [9.17, 15) is 0 Å². The van der Waals surface area contributed by atoms with Crippen molar-refractivity contribution in [1.82, 2.24) is 4.98 Å². The van der Waals surface area contributed by atoms with E-state index in [1.165, 1.54) is 24.1 Å². The van der Waals surface area contributed by atoms with Gasteiger partial charge in [-0.1, -0.05) is 13.8 Å². The van der Waals surface area contributed by atoms with Crippen LogP contribution in [0.15, 0.2) is 6.20 Å². The van der Waals surface area contributed by atoms with Gasteiger partial charge in [0.2, 0.25) is 0 Å². The summed E-state index contributed by atoms with van der Waals surface area (Å²) >= 11 is 1.66. The lowest BCUT2D eigenvalue weighted by atomic mass is 9.76. The molecule has 2 atom stereocenters. The van der Waals surface area contributed by atoms with Crippen LogP contribution in [0, 0.1) is 11.8 Å². The van der Waals surface area contributed by atoms with Crippen molar-refractivity contribution in [3.05, 3.63) is 11.1 Å². The molecule has 1 aliphatic carbocycles. The van der Waals surface area contributed by atoms with Crippen LogP contribution in [0.2, 0.25) is 0 Å². The van der Waals surface area contributed by atoms with E-state index < -0.39 is 0 Å². The van der Waals surface area contributed by atoms with Gasteiger partial charge in [0.25, 0.3) is 0 Å². The Hall–Kier alpha value is -0.570. The van der Waals surface area contributed by atoms with Gasteiger partial charge in [-0.25, -0.2) is 4.98 Å². The SMILES string of the molecule is CC1CC(C)CC(c2cnc(N)s2)C1. The minimum Gasteiger partial charge on any atom is -0.375 e. The lowest BCUT2D eigenvalue weighted by Crippen LogP contribution is -2.17. The molecular weight excluding hydrogens is 192 g/mol. The zero-order chi connectivity index (χ0) is 10.1. The first-order valence-electron chi connectivity index (χ1n) is 5.36. The molecule has 78 valence electrons. The molecule has 0 bridgehead atoms. The fourth-order valence-corrected chi connectivity index (χ4v) is 3.48. The number of thiazole rings is 1. The highest BCUT2D eigenvalue weighted by atomic mass is 32.1. The van der Waals surface area contributed by atoms with Gasteiger partial charge in [0.05, 0.1) is 0 Å². The van der Waals surface area contributed by atoms with Crippen molar-refractivity contribution < 1.29 is 0 Å². The number of aromatic nitrogens is 1. The van der Waals surface area contributed by atoms with Crippen LogP contribution in [0.4, 0.5) is 5.13 Å². The van der Waals surface area contributed by atoms with Crippen LogP contribution in [0.1, 0.15) is 43.9 Å². The maximum Gasteiger partial charge on any atom is 0.180 e. The maximum absolute atomic E-state index is 5.66. The predicted molar refractivity (Wildman–Crippen MR) is 61.4 cm³/mol. The van der Waals surface area contributed by atoms with Gasteiger partial charge >= 0.3 is 0 Å². The first-order valence-corrected chi connectivity index (χ1v) is 6.18. The summed E-state index contributed by atoms with van der Waals surface area (Å²) in [5, 5.41) is 0.714. The standard InChI is InChI=1S/C11H18N2S/c1-7-3-8(2)5-9(4-7)10-6-13-11(12)14-10/h6-9H,3-5H2,1-2H3,(H2,12,13). The fraction of sp³-hybridized carbons (Fsp3) is 0.727. The summed E-state index contributed by atoms with van der Waals surface area (Å²) < 4.78 is 0. The van der Waals surface area contributed by atoms with E-state index in [1.54, 1.807) is 11.3 Å². The second-order valence-corrected chi connectivity index (χ2v) is 5.81. The summed E-state index contributed by atoms with van der Waals surface area (Å²) in [6, 6.07) is 0. The Morgan fingerprint density at radius 3 is 2.43 bits per heavy atom. The van der Waals surface area contributed by atoms with E-state index in [4.69, 9.17) is 5.73 Å². The van der Waals surface area contributed by atoms with Crippen molar-refractivity contribution in [2.75, 3.05) is 5.73 Å². The zero-order valence-electron chi connectivity index (χ0n) is 8.86. The van der Waals surface area contributed by atoms with Gasteiger partial charge in [0.1, 0.15) is 0 Å². The third-order valence-electron chi connectivity index (χ3n) is 3.12. The summed E-state index contributed by atoms with van der Waals surface area (Å²) in [7, 11) is 0. The molecular formula is C11H18N2S. The molecule has 1 saturated carbocycles. The molecule has 14 heavy (non-hydrogen) atoms. The normalized spacial score (nSPS) is 33.1. The van der Waals surface area contributed by atoms with E-state index in [-0.39, 0.29) is 0 Å². The molecule has 0 spiro atoms. The predicted octanol–water partition coefficient (Wildman–Crippen LogP) is 3.27.